The number of methoxy groups -OCH3 is 1. The van der Waals surface area contributed by atoms with Crippen LogP contribution in [0.1, 0.15) is 56.6 Å². The largest absolute Gasteiger partial charge is 0.385 e. The number of rotatable bonds is 7. The molecule has 140 valence electrons. The molecule has 7 nitrogen and oxygen atoms in total. The van der Waals surface area contributed by atoms with Crippen molar-refractivity contribution in [3.05, 3.63) is 11.6 Å². The molecule has 2 N–H and O–H groups in total. The Morgan fingerprint density at radius 2 is 2.08 bits per heavy atom. The molecule has 1 aromatic heterocycles. The van der Waals surface area contributed by atoms with Crippen LogP contribution in [0.3, 0.4) is 0 Å². The van der Waals surface area contributed by atoms with Crippen LogP contribution in [0.4, 0.5) is 0 Å². The van der Waals surface area contributed by atoms with Gasteiger partial charge < -0.3 is 19.9 Å². The molecule has 1 saturated carbocycles. The van der Waals surface area contributed by atoms with E-state index in [1.807, 2.05) is 7.05 Å². The average Bonchev–Trinajstić information content (AvgIpc) is 2.83. The van der Waals surface area contributed by atoms with Gasteiger partial charge in [-0.15, -0.1) is 10.2 Å². The molecular weight excluding hydrogens is 316 g/mol. The zero-order chi connectivity index (χ0) is 17.5. The zero-order valence-corrected chi connectivity index (χ0v) is 15.7. The van der Waals surface area contributed by atoms with E-state index in [0.29, 0.717) is 12.0 Å². The molecule has 2 heterocycles. The fourth-order valence-electron chi connectivity index (χ4n) is 3.84. The molecule has 0 spiro atoms. The number of hydrogen-bond acceptors (Lipinski definition) is 4. The molecule has 1 aromatic rings. The van der Waals surface area contributed by atoms with Crippen LogP contribution in [0.5, 0.6) is 0 Å². The van der Waals surface area contributed by atoms with Gasteiger partial charge in [-0.05, 0) is 37.5 Å². The van der Waals surface area contributed by atoms with E-state index in [9.17, 15) is 0 Å². The van der Waals surface area contributed by atoms with Crippen molar-refractivity contribution in [2.45, 2.75) is 64.5 Å². The normalized spacial score (nSPS) is 19.7. The van der Waals surface area contributed by atoms with Gasteiger partial charge in [0.1, 0.15) is 5.82 Å². The van der Waals surface area contributed by atoms with Gasteiger partial charge in [0.05, 0.1) is 6.54 Å². The molecule has 3 rings (SSSR count). The summed E-state index contributed by atoms with van der Waals surface area (Å²) in [5.74, 6) is 2.98. The molecule has 0 unspecified atom stereocenters. The smallest absolute Gasteiger partial charge is 0.191 e. The Morgan fingerprint density at radius 3 is 2.80 bits per heavy atom. The van der Waals surface area contributed by atoms with Crippen LogP contribution >= 0.6 is 0 Å². The second-order valence-corrected chi connectivity index (χ2v) is 7.37. The minimum absolute atomic E-state index is 0.375. The van der Waals surface area contributed by atoms with Crippen molar-refractivity contribution in [1.82, 2.24) is 25.4 Å². The maximum absolute atomic E-state index is 5.27. The summed E-state index contributed by atoms with van der Waals surface area (Å²) in [7, 11) is 3.60. The van der Waals surface area contributed by atoms with Crippen LogP contribution in [0.15, 0.2) is 4.99 Å². The van der Waals surface area contributed by atoms with E-state index in [-0.39, 0.29) is 0 Å². The van der Waals surface area contributed by atoms with Crippen molar-refractivity contribution >= 4 is 5.96 Å². The fourth-order valence-corrected chi connectivity index (χ4v) is 3.84. The third kappa shape index (κ3) is 4.51. The number of nitrogens with zero attached hydrogens (tertiary/aromatic N) is 4. The molecule has 0 amide bonds. The van der Waals surface area contributed by atoms with Gasteiger partial charge in [0.15, 0.2) is 11.8 Å². The second-order valence-electron chi connectivity index (χ2n) is 7.37. The minimum atomic E-state index is 0.375. The van der Waals surface area contributed by atoms with E-state index in [0.717, 1.165) is 50.1 Å². The first kappa shape index (κ1) is 18.2. The molecule has 1 aliphatic heterocycles. The van der Waals surface area contributed by atoms with Gasteiger partial charge in [0.25, 0.3) is 0 Å². The summed E-state index contributed by atoms with van der Waals surface area (Å²) in [5, 5.41) is 15.6. The standard InChI is InChI=1S/C18H32N6O/c1-19-17(21-14-18(8-6-9-18)10-12-25-2)20-13-16-23-22-15-7-4-3-5-11-24(15)16/h3-14H2,1-2H3,(H2,19,20,21). The molecule has 1 aliphatic carbocycles. The van der Waals surface area contributed by atoms with E-state index in [1.54, 1.807) is 7.11 Å². The number of aryl methyl sites for hydroxylation is 1. The van der Waals surface area contributed by atoms with Gasteiger partial charge in [0.2, 0.25) is 0 Å². The maximum atomic E-state index is 5.27. The van der Waals surface area contributed by atoms with Gasteiger partial charge >= 0.3 is 0 Å². The Kier molecular flexibility index (Phi) is 6.29. The SMILES string of the molecule is CN=C(NCc1nnc2n1CCCCC2)NCC1(CCOC)CCC1. The minimum Gasteiger partial charge on any atom is -0.385 e. The fraction of sp³-hybridized carbons (Fsp3) is 0.833. The lowest BCUT2D eigenvalue weighted by Crippen LogP contribution is -2.46. The number of hydrogen-bond donors (Lipinski definition) is 2. The third-order valence-electron chi connectivity index (χ3n) is 5.71. The van der Waals surface area contributed by atoms with E-state index in [2.05, 4.69) is 30.4 Å². The lowest BCUT2D eigenvalue weighted by molar-refractivity contribution is 0.0732. The highest BCUT2D eigenvalue weighted by atomic mass is 16.5. The van der Waals surface area contributed by atoms with Gasteiger partial charge in [0, 0.05) is 40.3 Å². The van der Waals surface area contributed by atoms with Crippen LogP contribution in [0, 0.1) is 5.41 Å². The number of fused-ring (bicyclic) bond motifs is 1. The number of guanidine groups is 1. The van der Waals surface area contributed by atoms with Crippen molar-refractivity contribution in [1.29, 1.82) is 0 Å². The monoisotopic (exact) mass is 348 g/mol. The molecule has 2 aliphatic rings. The van der Waals surface area contributed by atoms with E-state index in [4.69, 9.17) is 4.74 Å². The van der Waals surface area contributed by atoms with Crippen LogP contribution in [-0.4, -0.2) is 48.0 Å². The highest BCUT2D eigenvalue weighted by molar-refractivity contribution is 5.79. The van der Waals surface area contributed by atoms with Crippen LogP contribution in [-0.2, 0) is 24.2 Å². The van der Waals surface area contributed by atoms with Gasteiger partial charge in [-0.3, -0.25) is 4.99 Å². The summed E-state index contributed by atoms with van der Waals surface area (Å²) >= 11 is 0. The predicted molar refractivity (Wildman–Crippen MR) is 98.6 cm³/mol. The maximum Gasteiger partial charge on any atom is 0.191 e. The average molecular weight is 348 g/mol. The highest BCUT2D eigenvalue weighted by Gasteiger charge is 2.36. The first-order valence-electron chi connectivity index (χ1n) is 9.61. The van der Waals surface area contributed by atoms with Gasteiger partial charge in [-0.1, -0.05) is 12.8 Å². The molecule has 25 heavy (non-hydrogen) atoms. The molecule has 7 heteroatoms. The Balaban J connectivity index is 1.51. The first-order valence-corrected chi connectivity index (χ1v) is 9.61. The number of aliphatic imine (C=N–C) groups is 1. The molecule has 0 aromatic carbocycles. The summed E-state index contributed by atoms with van der Waals surface area (Å²) in [5.41, 5.74) is 0.375. The number of ether oxygens (including phenoxy) is 1. The summed E-state index contributed by atoms with van der Waals surface area (Å²) in [6.45, 7) is 3.48. The second kappa shape index (κ2) is 8.65. The molecule has 0 saturated heterocycles. The van der Waals surface area contributed by atoms with Crippen molar-refractivity contribution in [2.75, 3.05) is 27.3 Å². The highest BCUT2D eigenvalue weighted by Crippen LogP contribution is 2.43. The van der Waals surface area contributed by atoms with Gasteiger partial charge in [-0.2, -0.15) is 0 Å². The van der Waals surface area contributed by atoms with Crippen molar-refractivity contribution < 1.29 is 4.74 Å². The summed E-state index contributed by atoms with van der Waals surface area (Å²) < 4.78 is 7.55. The van der Waals surface area contributed by atoms with E-state index < -0.39 is 0 Å². The third-order valence-corrected chi connectivity index (χ3v) is 5.71. The number of nitrogens with one attached hydrogen (secondary N) is 2. The van der Waals surface area contributed by atoms with Crippen molar-refractivity contribution in [3.8, 4) is 0 Å². The lowest BCUT2D eigenvalue weighted by atomic mass is 9.67. The zero-order valence-electron chi connectivity index (χ0n) is 15.7. The molecule has 0 atom stereocenters. The first-order chi connectivity index (χ1) is 12.3. The molecular formula is C18H32N6O. The predicted octanol–water partition coefficient (Wildman–Crippen LogP) is 1.88. The van der Waals surface area contributed by atoms with E-state index >= 15 is 0 Å². The van der Waals surface area contributed by atoms with Crippen LogP contribution < -0.4 is 10.6 Å². The molecule has 1 fully saturated rings. The van der Waals surface area contributed by atoms with E-state index in [1.165, 1.54) is 38.5 Å². The topological polar surface area (TPSA) is 76.4 Å². The quantitative estimate of drug-likeness (QED) is 0.581. The Hall–Kier alpha value is -1.63. The Labute approximate surface area is 150 Å². The van der Waals surface area contributed by atoms with Crippen molar-refractivity contribution in [2.24, 2.45) is 10.4 Å². The summed E-state index contributed by atoms with van der Waals surface area (Å²) in [4.78, 5) is 4.37. The Bertz CT molecular complexity index is 578. The lowest BCUT2D eigenvalue weighted by Gasteiger charge is -2.42. The van der Waals surface area contributed by atoms with Crippen molar-refractivity contribution in [3.63, 3.8) is 0 Å². The van der Waals surface area contributed by atoms with Gasteiger partial charge in [-0.25, -0.2) is 0 Å². The number of aromatic nitrogens is 3. The Morgan fingerprint density at radius 1 is 1.20 bits per heavy atom. The molecule has 0 bridgehead atoms. The summed E-state index contributed by atoms with van der Waals surface area (Å²) in [6.07, 6.45) is 9.75. The summed E-state index contributed by atoms with van der Waals surface area (Å²) in [6, 6.07) is 0. The van der Waals surface area contributed by atoms with Crippen LogP contribution in [0.2, 0.25) is 0 Å². The molecule has 0 radical (unpaired) electrons. The van der Waals surface area contributed by atoms with Crippen LogP contribution in [0.25, 0.3) is 0 Å².